The van der Waals surface area contributed by atoms with Crippen molar-refractivity contribution in [2.75, 3.05) is 39.6 Å². The highest BCUT2D eigenvalue weighted by molar-refractivity contribution is 5.73. The van der Waals surface area contributed by atoms with Gasteiger partial charge in [-0.05, 0) is 6.92 Å². The fourth-order valence-corrected chi connectivity index (χ4v) is 10.7. The molecule has 7 saturated heterocycles. The Balaban J connectivity index is 1.15. The molecule has 0 unspecified atom stereocenters. The van der Waals surface area contributed by atoms with Crippen molar-refractivity contribution in [3.05, 3.63) is 0 Å². The third kappa shape index (κ3) is 14.5. The minimum absolute atomic E-state index is 0.889. The summed E-state index contributed by atoms with van der Waals surface area (Å²) in [5, 5.41) is 220. The topological polar surface area (TPSA) is 583 Å². The Hall–Kier alpha value is -2.38. The lowest BCUT2D eigenvalue weighted by molar-refractivity contribution is -0.393. The van der Waals surface area contributed by atoms with Gasteiger partial charge in [-0.1, -0.05) is 0 Å². The smallest absolute Gasteiger partial charge is 0.217 e. The molecule has 7 heterocycles. The molecule has 7 aliphatic rings. The van der Waals surface area contributed by atoms with Crippen LogP contribution in [0.15, 0.2) is 0 Å². The van der Waals surface area contributed by atoms with Gasteiger partial charge in [0.2, 0.25) is 11.8 Å². The molecule has 0 aliphatic carbocycles. The maximum Gasteiger partial charge on any atom is 0.217 e. The Morgan fingerprint density at radius 2 is 0.651 bits per heavy atom. The fraction of sp³-hybridized carbons (Fsp3) is 0.957. The molecule has 7 rings (SSSR count). The molecule has 0 aromatic rings. The molecular formula is C46H78N2O35. The van der Waals surface area contributed by atoms with Gasteiger partial charge in [0, 0.05) is 13.8 Å². The first kappa shape index (κ1) is 68.1. The number of aliphatic hydroxyl groups is 20. The Morgan fingerprint density at radius 3 is 1.12 bits per heavy atom. The summed E-state index contributed by atoms with van der Waals surface area (Å²) in [5.41, 5.74) is 0. The lowest BCUT2D eigenvalue weighted by Gasteiger charge is -2.52. The van der Waals surface area contributed by atoms with Gasteiger partial charge in [0.15, 0.2) is 44.0 Å². The first-order valence-electron chi connectivity index (χ1n) is 26.5. The number of hydrogen-bond donors (Lipinski definition) is 22. The summed E-state index contributed by atoms with van der Waals surface area (Å²) in [4.78, 5) is 25.8. The second-order valence-corrected chi connectivity index (χ2v) is 21.0. The molecule has 37 heteroatoms. The van der Waals surface area contributed by atoms with Gasteiger partial charge in [0.25, 0.3) is 0 Å². The zero-order chi connectivity index (χ0) is 61.2. The molecule has 2 amide bonds. The minimum atomic E-state index is -2.32. The highest BCUT2D eigenvalue weighted by atomic mass is 16.8. The Kier molecular flexibility index (Phi) is 24.0. The summed E-state index contributed by atoms with van der Waals surface area (Å²) >= 11 is 0. The van der Waals surface area contributed by atoms with Gasteiger partial charge in [-0.15, -0.1) is 0 Å². The SMILES string of the molecule is CC(=O)N[C@H]1[C@H](O[C@H]2[C@@H](O)[C@@H](CO)O[C@@H](O[C@H]3[C@H](O)[C@@H](O)[C@H](O)O[C@@H]3CO)[C@@H]2O)O[C@H](CO)[C@@H](O[C@@H]2O[C@H](CO)[C@H](O)[C@H](O[C@@H]3O[C@H](CO)[C@@H](O[C@@H]4O[C@@H](C)[C@@H](O)[C@@H](O)[C@@H]4O)[C@H](O[C@@H]4O[C@H](CO)[C@H](O)[C@H](O)[C@H]4O)[C@H]3NC(C)=O)[C@H]2O)[C@@H]1O. The van der Waals surface area contributed by atoms with Gasteiger partial charge < -0.3 is 174 Å². The van der Waals surface area contributed by atoms with Gasteiger partial charge in [-0.2, -0.15) is 0 Å². The van der Waals surface area contributed by atoms with Gasteiger partial charge in [-0.25, -0.2) is 0 Å². The van der Waals surface area contributed by atoms with Crippen LogP contribution in [0.2, 0.25) is 0 Å². The number of rotatable bonds is 20. The Labute approximate surface area is 470 Å². The van der Waals surface area contributed by atoms with Crippen LogP contribution in [0.1, 0.15) is 20.8 Å². The zero-order valence-corrected chi connectivity index (χ0v) is 44.5. The molecule has 7 fully saturated rings. The van der Waals surface area contributed by atoms with Crippen molar-refractivity contribution in [2.24, 2.45) is 0 Å². The van der Waals surface area contributed by atoms with Crippen molar-refractivity contribution < 1.29 is 173 Å². The van der Waals surface area contributed by atoms with Crippen LogP contribution in [-0.2, 0) is 71.2 Å². The quantitative estimate of drug-likeness (QED) is 0.0538. The summed E-state index contributed by atoms with van der Waals surface area (Å²) in [6.45, 7) is -2.89. The monoisotopic (exact) mass is 1220 g/mol. The molecule has 0 spiro atoms. The predicted octanol–water partition coefficient (Wildman–Crippen LogP) is -15.0. The first-order chi connectivity index (χ1) is 39.2. The molecule has 22 N–H and O–H groups in total. The Morgan fingerprint density at radius 1 is 0.313 bits per heavy atom. The van der Waals surface area contributed by atoms with Crippen molar-refractivity contribution in [3.8, 4) is 0 Å². The second-order valence-electron chi connectivity index (χ2n) is 21.0. The number of hydrogen-bond acceptors (Lipinski definition) is 35. The van der Waals surface area contributed by atoms with Crippen LogP contribution in [0.25, 0.3) is 0 Å². The van der Waals surface area contributed by atoms with E-state index in [2.05, 4.69) is 10.6 Å². The molecule has 83 heavy (non-hydrogen) atoms. The van der Waals surface area contributed by atoms with Gasteiger partial charge in [0.1, 0.15) is 165 Å². The summed E-state index contributed by atoms with van der Waals surface area (Å²) < 4.78 is 75.4. The third-order valence-electron chi connectivity index (χ3n) is 15.3. The highest BCUT2D eigenvalue weighted by Gasteiger charge is 2.59. The normalized spacial score (nSPS) is 50.8. The molecule has 37 nitrogen and oxygen atoms in total. The van der Waals surface area contributed by atoms with E-state index in [4.69, 9.17) is 61.6 Å². The van der Waals surface area contributed by atoms with Crippen molar-refractivity contribution >= 4 is 11.8 Å². The number of aliphatic hydroxyl groups excluding tert-OH is 20. The summed E-state index contributed by atoms with van der Waals surface area (Å²) in [7, 11) is 0. The molecule has 0 bridgehead atoms. The third-order valence-corrected chi connectivity index (χ3v) is 15.3. The van der Waals surface area contributed by atoms with Crippen molar-refractivity contribution in [1.82, 2.24) is 10.6 Å². The van der Waals surface area contributed by atoms with Crippen LogP contribution in [0.3, 0.4) is 0 Å². The van der Waals surface area contributed by atoms with Crippen LogP contribution in [0.5, 0.6) is 0 Å². The van der Waals surface area contributed by atoms with Crippen LogP contribution >= 0.6 is 0 Å². The molecule has 35 atom stereocenters. The van der Waals surface area contributed by atoms with Crippen LogP contribution in [0.4, 0.5) is 0 Å². The standard InChI is InChI=1S/C46H78N2O35/c1-10-21(57)26(62)30(66)43(71-10)80-36-18(9-54)77-42(20(48-12(3)56)37(36)81-44-31(67)27(63)22(58)13(4-49)73-44)83-39-24(60)15(6-51)74-45(33(39)69)78-34-17(8-53)76-41(19(25(34)61)47-11(2)55)82-38-23(59)14(5-50)75-46(32(38)68)79-35-16(7-52)72-40(70)29(65)28(35)64/h10,13-46,49-54,57-70H,4-9H2,1-3H3,(H,47,55)(H,48,56)/t10-,13+,14+,15+,16+,17+,18+,19+,20+,21+,22-,23-,24-,25+,26+,27-,28+,29+,30-,31+,32+,33+,34+,35+,36+,37+,38-,39-,40+,41-,42-,43-,44-,45-,46-/m0/s1. The molecular weight excluding hydrogens is 1140 g/mol. The van der Waals surface area contributed by atoms with Crippen molar-refractivity contribution in [3.63, 3.8) is 0 Å². The van der Waals surface area contributed by atoms with E-state index < -0.39 is 266 Å². The lowest BCUT2D eigenvalue weighted by atomic mass is 9.93. The van der Waals surface area contributed by atoms with E-state index in [1.165, 1.54) is 6.92 Å². The van der Waals surface area contributed by atoms with Gasteiger partial charge >= 0.3 is 0 Å². The van der Waals surface area contributed by atoms with E-state index in [0.29, 0.717) is 0 Å². The van der Waals surface area contributed by atoms with Crippen LogP contribution in [-0.4, -0.2) is 368 Å². The van der Waals surface area contributed by atoms with Crippen LogP contribution < -0.4 is 10.6 Å². The highest BCUT2D eigenvalue weighted by Crippen LogP contribution is 2.39. The summed E-state index contributed by atoms with van der Waals surface area (Å²) in [5.74, 6) is -1.80. The zero-order valence-electron chi connectivity index (χ0n) is 44.5. The molecule has 7 aliphatic heterocycles. The Bertz CT molecular complexity index is 2040. The maximum absolute atomic E-state index is 13.1. The van der Waals surface area contributed by atoms with E-state index in [9.17, 15) is 112 Å². The van der Waals surface area contributed by atoms with E-state index in [1.807, 2.05) is 0 Å². The predicted molar refractivity (Wildman–Crippen MR) is 254 cm³/mol. The average molecular weight is 1220 g/mol. The van der Waals surface area contributed by atoms with E-state index >= 15 is 0 Å². The van der Waals surface area contributed by atoms with Gasteiger partial charge in [-0.3, -0.25) is 9.59 Å². The van der Waals surface area contributed by atoms with E-state index in [-0.39, 0.29) is 0 Å². The fourth-order valence-electron chi connectivity index (χ4n) is 10.7. The maximum atomic E-state index is 13.1. The van der Waals surface area contributed by atoms with Crippen molar-refractivity contribution in [2.45, 2.75) is 236 Å². The summed E-state index contributed by atoms with van der Waals surface area (Å²) in [6.07, 6.45) is -63.7. The first-order valence-corrected chi connectivity index (χ1v) is 26.5. The van der Waals surface area contributed by atoms with E-state index in [1.54, 1.807) is 0 Å². The minimum Gasteiger partial charge on any atom is -0.394 e. The molecule has 0 aromatic carbocycles. The van der Waals surface area contributed by atoms with E-state index in [0.717, 1.165) is 13.8 Å². The number of carbonyl (C=O) groups is 2. The number of amides is 2. The van der Waals surface area contributed by atoms with Crippen LogP contribution in [0, 0.1) is 0 Å². The molecule has 0 aromatic heterocycles. The molecule has 482 valence electrons. The number of carbonyl (C=O) groups excluding carboxylic acids is 2. The van der Waals surface area contributed by atoms with Gasteiger partial charge in [0.05, 0.1) is 45.7 Å². The molecule has 0 saturated carbocycles. The average Bonchev–Trinajstić information content (AvgIpc) is 3.21. The largest absolute Gasteiger partial charge is 0.394 e. The second kappa shape index (κ2) is 29.3. The summed E-state index contributed by atoms with van der Waals surface area (Å²) in [6, 6.07) is -3.71. The lowest BCUT2D eigenvalue weighted by Crippen LogP contribution is -2.71. The molecule has 0 radical (unpaired) electrons. The number of nitrogens with one attached hydrogen (secondary N) is 2. The number of ether oxygens (including phenoxy) is 13. The van der Waals surface area contributed by atoms with Crippen molar-refractivity contribution in [1.29, 1.82) is 0 Å².